The fourth-order valence-electron chi connectivity index (χ4n) is 2.47. The first-order valence-electron chi connectivity index (χ1n) is 6.45. The Hall–Kier alpha value is -1.20. The standard InChI is InChI=1S/C14H15BrFN3/c15-12-6-10(16)3-4-11(12)13-8-18-14(19-13)9-2-1-5-17-7-9/h3-4,6,8-9,17H,1-2,5,7H2,(H,18,19). The van der Waals surface area contributed by atoms with E-state index in [4.69, 9.17) is 0 Å². The monoisotopic (exact) mass is 323 g/mol. The lowest BCUT2D eigenvalue weighted by Gasteiger charge is -2.20. The number of halogens is 2. The van der Waals surface area contributed by atoms with E-state index in [-0.39, 0.29) is 5.82 Å². The highest BCUT2D eigenvalue weighted by Gasteiger charge is 2.18. The van der Waals surface area contributed by atoms with E-state index in [0.29, 0.717) is 5.92 Å². The van der Waals surface area contributed by atoms with Gasteiger partial charge in [0.05, 0.1) is 11.9 Å². The molecule has 1 saturated heterocycles. The van der Waals surface area contributed by atoms with Crippen LogP contribution in [0.25, 0.3) is 11.3 Å². The molecule has 100 valence electrons. The number of nitrogens with zero attached hydrogens (tertiary/aromatic N) is 1. The summed E-state index contributed by atoms with van der Waals surface area (Å²) in [4.78, 5) is 7.83. The van der Waals surface area contributed by atoms with Crippen molar-refractivity contribution in [3.63, 3.8) is 0 Å². The Morgan fingerprint density at radius 3 is 3.00 bits per heavy atom. The van der Waals surface area contributed by atoms with E-state index in [0.717, 1.165) is 41.1 Å². The second-order valence-corrected chi connectivity index (χ2v) is 5.70. The van der Waals surface area contributed by atoms with Crippen molar-refractivity contribution in [2.45, 2.75) is 18.8 Å². The lowest BCUT2D eigenvalue weighted by atomic mass is 9.99. The van der Waals surface area contributed by atoms with E-state index in [9.17, 15) is 4.39 Å². The number of imidazole rings is 1. The Kier molecular flexibility index (Phi) is 3.66. The van der Waals surface area contributed by atoms with Gasteiger partial charge in [-0.1, -0.05) is 0 Å². The maximum absolute atomic E-state index is 13.1. The molecule has 1 aliphatic heterocycles. The number of H-pyrrole nitrogens is 1. The van der Waals surface area contributed by atoms with Crippen LogP contribution in [-0.4, -0.2) is 23.1 Å². The van der Waals surface area contributed by atoms with Crippen molar-refractivity contribution >= 4 is 15.9 Å². The number of hydrogen-bond acceptors (Lipinski definition) is 2. The molecule has 2 heterocycles. The Balaban J connectivity index is 1.87. The normalized spacial score (nSPS) is 19.6. The molecule has 2 aromatic rings. The third-order valence-electron chi connectivity index (χ3n) is 3.50. The van der Waals surface area contributed by atoms with E-state index < -0.39 is 0 Å². The van der Waals surface area contributed by atoms with Gasteiger partial charge < -0.3 is 10.3 Å². The van der Waals surface area contributed by atoms with Gasteiger partial charge in [-0.25, -0.2) is 9.37 Å². The summed E-state index contributed by atoms with van der Waals surface area (Å²) in [6, 6.07) is 4.69. The van der Waals surface area contributed by atoms with E-state index in [1.165, 1.54) is 18.6 Å². The number of benzene rings is 1. The minimum Gasteiger partial charge on any atom is -0.342 e. The number of nitrogens with one attached hydrogen (secondary N) is 2. The van der Waals surface area contributed by atoms with Crippen LogP contribution in [0.15, 0.2) is 28.9 Å². The first-order valence-corrected chi connectivity index (χ1v) is 7.24. The van der Waals surface area contributed by atoms with E-state index >= 15 is 0 Å². The van der Waals surface area contributed by atoms with Gasteiger partial charge in [-0.05, 0) is 53.5 Å². The zero-order valence-electron chi connectivity index (χ0n) is 10.4. The number of aromatic amines is 1. The van der Waals surface area contributed by atoms with Gasteiger partial charge in [0.1, 0.15) is 11.6 Å². The van der Waals surface area contributed by atoms with Gasteiger partial charge in [-0.15, -0.1) is 0 Å². The van der Waals surface area contributed by atoms with Crippen LogP contribution in [0.3, 0.4) is 0 Å². The average molecular weight is 324 g/mol. The van der Waals surface area contributed by atoms with Crippen molar-refractivity contribution in [2.24, 2.45) is 0 Å². The Morgan fingerprint density at radius 2 is 2.26 bits per heavy atom. The Morgan fingerprint density at radius 1 is 1.37 bits per heavy atom. The van der Waals surface area contributed by atoms with Crippen LogP contribution in [0.4, 0.5) is 4.39 Å². The summed E-state index contributed by atoms with van der Waals surface area (Å²) in [5, 5.41) is 3.38. The topological polar surface area (TPSA) is 40.7 Å². The summed E-state index contributed by atoms with van der Waals surface area (Å²) >= 11 is 3.39. The van der Waals surface area contributed by atoms with Gasteiger partial charge in [0.15, 0.2) is 0 Å². The van der Waals surface area contributed by atoms with Gasteiger partial charge in [-0.3, -0.25) is 0 Å². The third kappa shape index (κ3) is 2.72. The SMILES string of the molecule is Fc1ccc(-c2cnc(C3CCCNC3)[nH]2)c(Br)c1. The second-order valence-electron chi connectivity index (χ2n) is 4.85. The average Bonchev–Trinajstić information content (AvgIpc) is 2.89. The highest BCUT2D eigenvalue weighted by Crippen LogP contribution is 2.29. The zero-order valence-corrected chi connectivity index (χ0v) is 12.0. The molecular weight excluding hydrogens is 309 g/mol. The zero-order chi connectivity index (χ0) is 13.2. The Labute approximate surface area is 119 Å². The smallest absolute Gasteiger partial charge is 0.124 e. The van der Waals surface area contributed by atoms with Gasteiger partial charge in [0.25, 0.3) is 0 Å². The molecule has 0 spiro atoms. The van der Waals surface area contributed by atoms with Crippen LogP contribution in [0.5, 0.6) is 0 Å². The summed E-state index contributed by atoms with van der Waals surface area (Å²) in [6.45, 7) is 2.06. The largest absolute Gasteiger partial charge is 0.342 e. The highest BCUT2D eigenvalue weighted by molar-refractivity contribution is 9.10. The predicted molar refractivity (Wildman–Crippen MR) is 76.5 cm³/mol. The molecule has 0 saturated carbocycles. The van der Waals surface area contributed by atoms with Crippen LogP contribution >= 0.6 is 15.9 Å². The van der Waals surface area contributed by atoms with Gasteiger partial charge in [0, 0.05) is 22.5 Å². The molecule has 1 fully saturated rings. The molecule has 1 aliphatic rings. The first-order chi connectivity index (χ1) is 9.24. The fourth-order valence-corrected chi connectivity index (χ4v) is 3.04. The maximum Gasteiger partial charge on any atom is 0.124 e. The molecule has 0 aliphatic carbocycles. The molecule has 1 atom stereocenters. The third-order valence-corrected chi connectivity index (χ3v) is 4.16. The molecule has 19 heavy (non-hydrogen) atoms. The van der Waals surface area contributed by atoms with Gasteiger partial charge in [-0.2, -0.15) is 0 Å². The number of aromatic nitrogens is 2. The fraction of sp³-hybridized carbons (Fsp3) is 0.357. The molecule has 5 heteroatoms. The highest BCUT2D eigenvalue weighted by atomic mass is 79.9. The predicted octanol–water partition coefficient (Wildman–Crippen LogP) is 3.45. The first kappa shape index (κ1) is 12.8. The second kappa shape index (κ2) is 5.43. The van der Waals surface area contributed by atoms with Crippen molar-refractivity contribution in [3.05, 3.63) is 40.5 Å². The maximum atomic E-state index is 13.1. The molecule has 0 amide bonds. The number of rotatable bonds is 2. The Bertz CT molecular complexity index is 576. The van der Waals surface area contributed by atoms with Crippen molar-refractivity contribution in [1.29, 1.82) is 0 Å². The quantitative estimate of drug-likeness (QED) is 0.888. The molecule has 2 N–H and O–H groups in total. The van der Waals surface area contributed by atoms with Crippen molar-refractivity contribution in [2.75, 3.05) is 13.1 Å². The molecule has 3 nitrogen and oxygen atoms in total. The van der Waals surface area contributed by atoms with Crippen LogP contribution in [-0.2, 0) is 0 Å². The summed E-state index contributed by atoms with van der Waals surface area (Å²) in [6.07, 6.45) is 4.16. The van der Waals surface area contributed by atoms with Crippen molar-refractivity contribution in [3.8, 4) is 11.3 Å². The summed E-state index contributed by atoms with van der Waals surface area (Å²) in [5.74, 6) is 1.21. The molecule has 1 aromatic carbocycles. The van der Waals surface area contributed by atoms with E-state index in [1.54, 1.807) is 6.07 Å². The number of hydrogen-bond donors (Lipinski definition) is 2. The van der Waals surface area contributed by atoms with Gasteiger partial charge >= 0.3 is 0 Å². The van der Waals surface area contributed by atoms with Gasteiger partial charge in [0.2, 0.25) is 0 Å². The van der Waals surface area contributed by atoms with Crippen LogP contribution < -0.4 is 5.32 Å². The molecule has 1 aromatic heterocycles. The molecule has 1 unspecified atom stereocenters. The lowest BCUT2D eigenvalue weighted by molar-refractivity contribution is 0.449. The summed E-state index contributed by atoms with van der Waals surface area (Å²) in [7, 11) is 0. The minimum atomic E-state index is -0.244. The van der Waals surface area contributed by atoms with E-state index in [2.05, 4.69) is 31.2 Å². The van der Waals surface area contributed by atoms with Crippen LogP contribution in [0.1, 0.15) is 24.6 Å². The van der Waals surface area contributed by atoms with E-state index in [1.807, 2.05) is 6.20 Å². The summed E-state index contributed by atoms with van der Waals surface area (Å²) in [5.41, 5.74) is 1.86. The molecule has 3 rings (SSSR count). The minimum absolute atomic E-state index is 0.244. The van der Waals surface area contributed by atoms with Crippen molar-refractivity contribution < 1.29 is 4.39 Å². The van der Waals surface area contributed by atoms with Crippen LogP contribution in [0, 0.1) is 5.82 Å². The van der Waals surface area contributed by atoms with Crippen molar-refractivity contribution in [1.82, 2.24) is 15.3 Å². The summed E-state index contributed by atoms with van der Waals surface area (Å²) < 4.78 is 13.8. The lowest BCUT2D eigenvalue weighted by Crippen LogP contribution is -2.28. The molecule has 0 bridgehead atoms. The molecule has 0 radical (unpaired) electrons. The number of piperidine rings is 1. The van der Waals surface area contributed by atoms with Crippen LogP contribution in [0.2, 0.25) is 0 Å². The molecular formula is C14H15BrFN3.